The second kappa shape index (κ2) is 6.26. The minimum atomic E-state index is 0.615. The van der Waals surface area contributed by atoms with Crippen LogP contribution in [0.4, 0.5) is 0 Å². The van der Waals surface area contributed by atoms with E-state index in [1.54, 1.807) is 11.8 Å². The highest BCUT2D eigenvalue weighted by Crippen LogP contribution is 2.23. The molecular weight excluding hydrogens is 280 g/mol. The number of benzene rings is 2. The monoisotopic (exact) mass is 296 g/mol. The smallest absolute Gasteiger partial charge is 0.187 e. The summed E-state index contributed by atoms with van der Waals surface area (Å²) in [5.74, 6) is 2.24. The van der Waals surface area contributed by atoms with Crippen LogP contribution < -0.4 is 9.47 Å². The lowest BCUT2D eigenvalue weighted by molar-refractivity contribution is 0.340. The quantitative estimate of drug-likeness (QED) is 0.724. The minimum Gasteiger partial charge on any atom is -0.497 e. The fraction of sp³-hybridized carbons (Fsp3) is 0.188. The molecule has 0 radical (unpaired) electrons. The topological polar surface area (TPSA) is 62.1 Å². The van der Waals surface area contributed by atoms with Crippen LogP contribution in [0, 0.1) is 0 Å². The first kappa shape index (κ1) is 14.1. The average Bonchev–Trinajstić information content (AvgIpc) is 3.05. The van der Waals surface area contributed by atoms with Gasteiger partial charge in [-0.2, -0.15) is 4.68 Å². The van der Waals surface area contributed by atoms with E-state index in [-0.39, 0.29) is 0 Å². The van der Waals surface area contributed by atoms with Crippen molar-refractivity contribution in [2.75, 3.05) is 13.7 Å². The zero-order valence-electron chi connectivity index (χ0n) is 12.4. The SMILES string of the molecule is CCOc1cccc(-n2nnnc2-c2ccc(OC)cc2)c1. The van der Waals surface area contributed by atoms with Crippen LogP contribution in [0.5, 0.6) is 11.5 Å². The second-order valence-electron chi connectivity index (χ2n) is 4.57. The zero-order chi connectivity index (χ0) is 15.4. The predicted octanol–water partition coefficient (Wildman–Crippen LogP) is 2.74. The largest absolute Gasteiger partial charge is 0.497 e. The van der Waals surface area contributed by atoms with E-state index < -0.39 is 0 Å². The highest BCUT2D eigenvalue weighted by Gasteiger charge is 2.11. The number of tetrazole rings is 1. The maximum Gasteiger partial charge on any atom is 0.187 e. The third kappa shape index (κ3) is 2.76. The summed E-state index contributed by atoms with van der Waals surface area (Å²) in [4.78, 5) is 0. The van der Waals surface area contributed by atoms with Gasteiger partial charge in [0.05, 0.1) is 19.4 Å². The van der Waals surface area contributed by atoms with Gasteiger partial charge in [-0.25, -0.2) is 0 Å². The van der Waals surface area contributed by atoms with Crippen LogP contribution >= 0.6 is 0 Å². The molecule has 0 amide bonds. The lowest BCUT2D eigenvalue weighted by atomic mass is 10.2. The van der Waals surface area contributed by atoms with Crippen molar-refractivity contribution in [1.29, 1.82) is 0 Å². The van der Waals surface area contributed by atoms with Crippen LogP contribution in [-0.2, 0) is 0 Å². The second-order valence-corrected chi connectivity index (χ2v) is 4.57. The Morgan fingerprint density at radius 1 is 1.05 bits per heavy atom. The minimum absolute atomic E-state index is 0.615. The van der Waals surface area contributed by atoms with Gasteiger partial charge in [-0.1, -0.05) is 6.07 Å². The molecule has 3 aromatic rings. The number of ether oxygens (including phenoxy) is 2. The van der Waals surface area contributed by atoms with Gasteiger partial charge < -0.3 is 9.47 Å². The first-order valence-corrected chi connectivity index (χ1v) is 6.98. The molecule has 0 atom stereocenters. The van der Waals surface area contributed by atoms with Gasteiger partial charge in [-0.15, -0.1) is 5.10 Å². The highest BCUT2D eigenvalue weighted by molar-refractivity contribution is 5.58. The molecule has 0 saturated heterocycles. The van der Waals surface area contributed by atoms with E-state index in [0.29, 0.717) is 12.4 Å². The molecule has 0 fully saturated rings. The molecule has 0 aliphatic heterocycles. The number of methoxy groups -OCH3 is 1. The van der Waals surface area contributed by atoms with Gasteiger partial charge in [-0.05, 0) is 53.7 Å². The summed E-state index contributed by atoms with van der Waals surface area (Å²) in [5, 5.41) is 12.0. The maximum atomic E-state index is 5.52. The Morgan fingerprint density at radius 3 is 2.59 bits per heavy atom. The summed E-state index contributed by atoms with van der Waals surface area (Å²) in [7, 11) is 1.64. The molecule has 0 spiro atoms. The lowest BCUT2D eigenvalue weighted by Gasteiger charge is -2.08. The molecule has 6 heteroatoms. The number of nitrogens with zero attached hydrogens (tertiary/aromatic N) is 4. The molecule has 0 aliphatic carbocycles. The molecule has 0 saturated carbocycles. The number of hydrogen-bond acceptors (Lipinski definition) is 5. The molecular formula is C16H16N4O2. The van der Waals surface area contributed by atoms with E-state index in [9.17, 15) is 0 Å². The van der Waals surface area contributed by atoms with Gasteiger partial charge in [0.2, 0.25) is 0 Å². The fourth-order valence-corrected chi connectivity index (χ4v) is 2.15. The fourth-order valence-electron chi connectivity index (χ4n) is 2.15. The summed E-state index contributed by atoms with van der Waals surface area (Å²) >= 11 is 0. The maximum absolute atomic E-state index is 5.52. The number of hydrogen-bond donors (Lipinski definition) is 0. The lowest BCUT2D eigenvalue weighted by Crippen LogP contribution is -2.01. The van der Waals surface area contributed by atoms with E-state index in [4.69, 9.17) is 9.47 Å². The van der Waals surface area contributed by atoms with Crippen LogP contribution in [0.25, 0.3) is 17.1 Å². The van der Waals surface area contributed by atoms with Crippen molar-refractivity contribution in [3.05, 3.63) is 48.5 Å². The van der Waals surface area contributed by atoms with Crippen molar-refractivity contribution in [3.8, 4) is 28.6 Å². The molecule has 1 heterocycles. The van der Waals surface area contributed by atoms with Crippen LogP contribution in [0.3, 0.4) is 0 Å². The standard InChI is InChI=1S/C16H16N4O2/c1-3-22-15-6-4-5-13(11-15)20-16(17-18-19-20)12-7-9-14(21-2)10-8-12/h4-11H,3H2,1-2H3. The molecule has 112 valence electrons. The molecule has 3 rings (SSSR count). The Hall–Kier alpha value is -2.89. The molecule has 22 heavy (non-hydrogen) atoms. The Bertz CT molecular complexity index is 753. The van der Waals surface area contributed by atoms with Gasteiger partial charge in [-0.3, -0.25) is 0 Å². The van der Waals surface area contributed by atoms with Gasteiger partial charge in [0, 0.05) is 11.6 Å². The van der Waals surface area contributed by atoms with Crippen LogP contribution in [-0.4, -0.2) is 33.9 Å². The predicted molar refractivity (Wildman–Crippen MR) is 82.3 cm³/mol. The van der Waals surface area contributed by atoms with E-state index in [2.05, 4.69) is 15.5 Å². The Balaban J connectivity index is 1.99. The summed E-state index contributed by atoms with van der Waals surface area (Å²) in [6.45, 7) is 2.57. The van der Waals surface area contributed by atoms with E-state index in [1.807, 2.05) is 55.5 Å². The molecule has 0 aliphatic rings. The van der Waals surface area contributed by atoms with Crippen LogP contribution in [0.1, 0.15) is 6.92 Å². The number of rotatable bonds is 5. The van der Waals surface area contributed by atoms with Gasteiger partial charge in [0.25, 0.3) is 0 Å². The van der Waals surface area contributed by atoms with Crippen molar-refractivity contribution in [2.45, 2.75) is 6.92 Å². The Labute approximate surface area is 128 Å². The Kier molecular flexibility index (Phi) is 4.00. The molecule has 2 aromatic carbocycles. The van der Waals surface area contributed by atoms with Crippen molar-refractivity contribution in [1.82, 2.24) is 20.2 Å². The Morgan fingerprint density at radius 2 is 1.86 bits per heavy atom. The number of aromatic nitrogens is 4. The molecule has 0 N–H and O–H groups in total. The van der Waals surface area contributed by atoms with Crippen molar-refractivity contribution in [3.63, 3.8) is 0 Å². The summed E-state index contributed by atoms with van der Waals surface area (Å²) < 4.78 is 12.4. The third-order valence-corrected chi connectivity index (χ3v) is 3.19. The van der Waals surface area contributed by atoms with Crippen molar-refractivity contribution < 1.29 is 9.47 Å². The summed E-state index contributed by atoms with van der Waals surface area (Å²) in [6, 6.07) is 15.3. The van der Waals surface area contributed by atoms with Gasteiger partial charge in [0.1, 0.15) is 11.5 Å². The van der Waals surface area contributed by atoms with E-state index >= 15 is 0 Å². The normalized spacial score (nSPS) is 10.5. The first-order valence-electron chi connectivity index (χ1n) is 6.98. The van der Waals surface area contributed by atoms with Crippen LogP contribution in [0.2, 0.25) is 0 Å². The molecule has 1 aromatic heterocycles. The molecule has 0 bridgehead atoms. The first-order chi connectivity index (χ1) is 10.8. The average molecular weight is 296 g/mol. The van der Waals surface area contributed by atoms with Gasteiger partial charge >= 0.3 is 0 Å². The highest BCUT2D eigenvalue weighted by atomic mass is 16.5. The molecule has 6 nitrogen and oxygen atoms in total. The van der Waals surface area contributed by atoms with Crippen LogP contribution in [0.15, 0.2) is 48.5 Å². The van der Waals surface area contributed by atoms with E-state index in [1.165, 1.54) is 0 Å². The molecule has 0 unspecified atom stereocenters. The van der Waals surface area contributed by atoms with Gasteiger partial charge in [0.15, 0.2) is 5.82 Å². The zero-order valence-corrected chi connectivity index (χ0v) is 12.4. The summed E-state index contributed by atoms with van der Waals surface area (Å²) in [5.41, 5.74) is 1.76. The van der Waals surface area contributed by atoms with Crippen molar-refractivity contribution in [2.24, 2.45) is 0 Å². The van der Waals surface area contributed by atoms with E-state index in [0.717, 1.165) is 22.7 Å². The third-order valence-electron chi connectivity index (χ3n) is 3.19. The van der Waals surface area contributed by atoms with Crippen molar-refractivity contribution >= 4 is 0 Å². The summed E-state index contributed by atoms with van der Waals surface area (Å²) in [6.07, 6.45) is 0.